The quantitative estimate of drug-likeness (QED) is 0.345. The number of fused-ring (bicyclic) bond motifs is 2. The van der Waals surface area contributed by atoms with Gasteiger partial charge in [-0.3, -0.25) is 14.3 Å². The average molecular weight is 557 g/mol. The van der Waals surface area contributed by atoms with Gasteiger partial charge in [0.25, 0.3) is 15.9 Å². The maximum Gasteiger partial charge on any atom is 0.262 e. The summed E-state index contributed by atoms with van der Waals surface area (Å²) in [5.74, 6) is -0.182. The predicted molar refractivity (Wildman–Crippen MR) is 158 cm³/mol. The molecule has 40 heavy (non-hydrogen) atoms. The molecule has 0 unspecified atom stereocenters. The molecule has 4 aromatic carbocycles. The second-order valence-electron chi connectivity index (χ2n) is 10.3. The molecule has 0 bridgehead atoms. The number of likely N-dealkylation sites (N-methyl/N-ethyl adjacent to an activating group) is 1. The number of rotatable bonds is 7. The number of sulfonamides is 1. The van der Waals surface area contributed by atoms with E-state index >= 15 is 0 Å². The van der Waals surface area contributed by atoms with Gasteiger partial charge in [0.05, 0.1) is 11.4 Å². The SMILES string of the molecule is Cc1ccccc1C(=O)Nc1ccc(S(=O)(=O)Nc2ccc3c(c2)CCN(C(=O)CN(C)C)C3)c2ccccc12. The first-order valence-corrected chi connectivity index (χ1v) is 14.6. The van der Waals surface area contributed by atoms with Gasteiger partial charge in [-0.05, 0) is 74.5 Å². The van der Waals surface area contributed by atoms with E-state index in [0.29, 0.717) is 53.8 Å². The van der Waals surface area contributed by atoms with Crippen molar-refractivity contribution < 1.29 is 18.0 Å². The van der Waals surface area contributed by atoms with Crippen LogP contribution in [0.5, 0.6) is 0 Å². The number of amides is 2. The minimum Gasteiger partial charge on any atom is -0.337 e. The summed E-state index contributed by atoms with van der Waals surface area (Å²) < 4.78 is 29.9. The molecule has 2 N–H and O–H groups in total. The van der Waals surface area contributed by atoms with E-state index in [0.717, 1.165) is 16.7 Å². The Morgan fingerprint density at radius 2 is 1.62 bits per heavy atom. The summed E-state index contributed by atoms with van der Waals surface area (Å²) in [6, 6.07) is 23.0. The Bertz CT molecular complexity index is 1720. The van der Waals surface area contributed by atoms with Crippen LogP contribution >= 0.6 is 0 Å². The lowest BCUT2D eigenvalue weighted by Crippen LogP contribution is -2.40. The highest BCUT2D eigenvalue weighted by Crippen LogP contribution is 2.32. The van der Waals surface area contributed by atoms with Gasteiger partial charge in [-0.15, -0.1) is 0 Å². The predicted octanol–water partition coefficient (Wildman–Crippen LogP) is 4.65. The summed E-state index contributed by atoms with van der Waals surface area (Å²) in [5.41, 5.74) is 4.44. The summed E-state index contributed by atoms with van der Waals surface area (Å²) in [7, 11) is -0.206. The van der Waals surface area contributed by atoms with E-state index in [9.17, 15) is 18.0 Å². The molecule has 0 saturated carbocycles. The van der Waals surface area contributed by atoms with Crippen molar-refractivity contribution in [1.29, 1.82) is 0 Å². The molecule has 1 aliphatic rings. The van der Waals surface area contributed by atoms with E-state index in [-0.39, 0.29) is 16.7 Å². The van der Waals surface area contributed by atoms with Crippen molar-refractivity contribution in [2.75, 3.05) is 37.2 Å². The first-order valence-electron chi connectivity index (χ1n) is 13.1. The lowest BCUT2D eigenvalue weighted by molar-refractivity contribution is -0.132. The third kappa shape index (κ3) is 5.71. The second-order valence-corrected chi connectivity index (χ2v) is 12.0. The summed E-state index contributed by atoms with van der Waals surface area (Å²) in [6.45, 7) is 3.33. The van der Waals surface area contributed by atoms with E-state index in [1.54, 1.807) is 36.4 Å². The molecule has 8 nitrogen and oxygen atoms in total. The maximum absolute atomic E-state index is 13.6. The van der Waals surface area contributed by atoms with Crippen LogP contribution in [-0.2, 0) is 27.8 Å². The van der Waals surface area contributed by atoms with Crippen molar-refractivity contribution in [3.63, 3.8) is 0 Å². The molecule has 1 aliphatic heterocycles. The Labute approximate surface area is 234 Å². The topological polar surface area (TPSA) is 98.8 Å². The van der Waals surface area contributed by atoms with Crippen molar-refractivity contribution in [1.82, 2.24) is 9.80 Å². The number of aryl methyl sites for hydroxylation is 1. The van der Waals surface area contributed by atoms with Crippen LogP contribution in [0.1, 0.15) is 27.0 Å². The molecule has 0 saturated heterocycles. The highest BCUT2D eigenvalue weighted by atomic mass is 32.2. The lowest BCUT2D eigenvalue weighted by Gasteiger charge is -2.30. The van der Waals surface area contributed by atoms with Gasteiger partial charge >= 0.3 is 0 Å². The zero-order valence-corrected chi connectivity index (χ0v) is 23.6. The fraction of sp³-hybridized carbons (Fsp3) is 0.226. The highest BCUT2D eigenvalue weighted by Gasteiger charge is 2.23. The van der Waals surface area contributed by atoms with Crippen LogP contribution in [0.25, 0.3) is 10.8 Å². The Balaban J connectivity index is 1.39. The first-order chi connectivity index (χ1) is 19.1. The van der Waals surface area contributed by atoms with Crippen LogP contribution in [-0.4, -0.2) is 57.2 Å². The minimum atomic E-state index is -3.94. The van der Waals surface area contributed by atoms with Gasteiger partial charge < -0.3 is 15.1 Å². The van der Waals surface area contributed by atoms with Gasteiger partial charge in [-0.25, -0.2) is 8.42 Å². The molecule has 206 valence electrons. The Morgan fingerprint density at radius 1 is 0.900 bits per heavy atom. The Hall–Kier alpha value is -4.21. The van der Waals surface area contributed by atoms with E-state index in [1.165, 1.54) is 6.07 Å². The van der Waals surface area contributed by atoms with Gasteiger partial charge in [-0.2, -0.15) is 0 Å². The van der Waals surface area contributed by atoms with Gasteiger partial charge in [0.15, 0.2) is 0 Å². The smallest absolute Gasteiger partial charge is 0.262 e. The number of benzene rings is 4. The van der Waals surface area contributed by atoms with Crippen LogP contribution in [0.15, 0.2) is 83.8 Å². The lowest BCUT2D eigenvalue weighted by atomic mass is 9.99. The average Bonchev–Trinajstić information content (AvgIpc) is 2.92. The van der Waals surface area contributed by atoms with Crippen LogP contribution in [0.4, 0.5) is 11.4 Å². The number of nitrogens with one attached hydrogen (secondary N) is 2. The fourth-order valence-corrected chi connectivity index (χ4v) is 6.30. The first kappa shape index (κ1) is 27.4. The van der Waals surface area contributed by atoms with E-state index in [2.05, 4.69) is 10.0 Å². The molecule has 1 heterocycles. The molecule has 0 fully saturated rings. The molecule has 0 aliphatic carbocycles. The van der Waals surface area contributed by atoms with Crippen LogP contribution in [0.3, 0.4) is 0 Å². The Morgan fingerprint density at radius 3 is 2.38 bits per heavy atom. The van der Waals surface area contributed by atoms with Crippen molar-refractivity contribution in [3.8, 4) is 0 Å². The molecule has 0 radical (unpaired) electrons. The monoisotopic (exact) mass is 556 g/mol. The summed E-state index contributed by atoms with van der Waals surface area (Å²) >= 11 is 0. The van der Waals surface area contributed by atoms with Crippen LogP contribution in [0.2, 0.25) is 0 Å². The summed E-state index contributed by atoms with van der Waals surface area (Å²) in [5, 5.41) is 4.07. The largest absolute Gasteiger partial charge is 0.337 e. The van der Waals surface area contributed by atoms with Crippen molar-refractivity contribution in [2.45, 2.75) is 24.8 Å². The molecule has 0 aromatic heterocycles. The third-order valence-corrected chi connectivity index (χ3v) is 8.53. The summed E-state index contributed by atoms with van der Waals surface area (Å²) in [6.07, 6.45) is 0.655. The zero-order valence-electron chi connectivity index (χ0n) is 22.8. The van der Waals surface area contributed by atoms with Gasteiger partial charge in [-0.1, -0.05) is 48.5 Å². The molecule has 9 heteroatoms. The second kappa shape index (κ2) is 11.1. The molecule has 2 amide bonds. The van der Waals surface area contributed by atoms with Gasteiger partial charge in [0.2, 0.25) is 5.91 Å². The number of carbonyl (C=O) groups excluding carboxylic acids is 2. The van der Waals surface area contributed by atoms with Gasteiger partial charge in [0.1, 0.15) is 0 Å². The van der Waals surface area contributed by atoms with Crippen LogP contribution in [0, 0.1) is 6.92 Å². The molecule has 5 rings (SSSR count). The standard InChI is InChI=1S/C31H32N4O4S/c1-21-8-4-5-9-25(21)31(37)32-28-14-15-29(27-11-7-6-10-26(27)28)40(38,39)33-24-13-12-23-19-35(17-16-22(23)18-24)30(36)20-34(2)3/h4-15,18,33H,16-17,19-20H2,1-3H3,(H,32,37). The number of nitrogens with zero attached hydrogens (tertiary/aromatic N) is 2. The molecule has 4 aromatic rings. The minimum absolute atomic E-state index is 0.0749. The molecular formula is C31H32N4O4S. The number of hydrogen-bond donors (Lipinski definition) is 2. The third-order valence-electron chi connectivity index (χ3n) is 7.09. The number of hydrogen-bond acceptors (Lipinski definition) is 5. The van der Waals surface area contributed by atoms with E-state index < -0.39 is 10.0 Å². The zero-order chi connectivity index (χ0) is 28.4. The van der Waals surface area contributed by atoms with Gasteiger partial charge in [0, 0.05) is 40.8 Å². The van der Waals surface area contributed by atoms with E-state index in [1.807, 2.05) is 67.2 Å². The molecule has 0 atom stereocenters. The van der Waals surface area contributed by atoms with Crippen LogP contribution < -0.4 is 10.0 Å². The fourth-order valence-electron chi connectivity index (χ4n) is 5.04. The van der Waals surface area contributed by atoms with Crippen molar-refractivity contribution >= 4 is 44.0 Å². The Kier molecular flexibility index (Phi) is 7.60. The maximum atomic E-state index is 13.6. The molecule has 0 spiro atoms. The number of anilines is 2. The number of carbonyl (C=O) groups is 2. The van der Waals surface area contributed by atoms with Crippen molar-refractivity contribution in [2.24, 2.45) is 0 Å². The van der Waals surface area contributed by atoms with Crippen molar-refractivity contribution in [3.05, 3.63) is 101 Å². The van der Waals surface area contributed by atoms with E-state index in [4.69, 9.17) is 0 Å². The summed E-state index contributed by atoms with van der Waals surface area (Å²) in [4.78, 5) is 29.2. The highest BCUT2D eigenvalue weighted by molar-refractivity contribution is 7.93. The normalized spacial score (nSPS) is 13.2. The molecular weight excluding hydrogens is 524 g/mol.